The van der Waals surface area contributed by atoms with Crippen LogP contribution in [0.4, 0.5) is 11.4 Å². The highest BCUT2D eigenvalue weighted by Crippen LogP contribution is 2.24. The molecular formula is C13H19ClN4O3. The maximum Gasteiger partial charge on any atom is 0.270 e. The zero-order chi connectivity index (χ0) is 14.7. The van der Waals surface area contributed by atoms with E-state index in [0.29, 0.717) is 13.1 Å². The summed E-state index contributed by atoms with van der Waals surface area (Å²) in [5, 5.41) is 10.8. The summed E-state index contributed by atoms with van der Waals surface area (Å²) in [6, 6.07) is 3.91. The Morgan fingerprint density at radius 1 is 1.43 bits per heavy atom. The first-order valence-corrected chi connectivity index (χ1v) is 6.59. The molecule has 1 aromatic carbocycles. The van der Waals surface area contributed by atoms with Gasteiger partial charge in [0.1, 0.15) is 0 Å². The Morgan fingerprint density at radius 2 is 2.14 bits per heavy atom. The molecule has 0 aliphatic carbocycles. The number of anilines is 1. The number of amides is 1. The number of carbonyl (C=O) groups excluding carboxylic acids is 1. The number of piperidine rings is 1. The normalized spacial score (nSPS) is 18.0. The molecule has 0 spiro atoms. The molecule has 1 atom stereocenters. The Morgan fingerprint density at radius 3 is 2.76 bits per heavy atom. The number of nitrogen functional groups attached to an aromatic ring is 1. The summed E-state index contributed by atoms with van der Waals surface area (Å²) < 4.78 is 0. The molecule has 1 aliphatic rings. The monoisotopic (exact) mass is 314 g/mol. The second kappa shape index (κ2) is 7.24. The molecule has 8 heteroatoms. The van der Waals surface area contributed by atoms with Crippen LogP contribution in [0.25, 0.3) is 0 Å². The molecule has 4 N–H and O–H groups in total. The van der Waals surface area contributed by atoms with Crippen LogP contribution in [0.5, 0.6) is 0 Å². The number of nitro benzene ring substituents is 1. The van der Waals surface area contributed by atoms with E-state index in [1.54, 1.807) is 4.90 Å². The van der Waals surface area contributed by atoms with Crippen molar-refractivity contribution in [2.45, 2.75) is 25.3 Å². The van der Waals surface area contributed by atoms with Gasteiger partial charge in [-0.3, -0.25) is 14.9 Å². The molecule has 116 valence electrons. The third-order valence-electron chi connectivity index (χ3n) is 3.64. The molecule has 0 aromatic heterocycles. The number of carbonyl (C=O) groups is 1. The molecule has 1 aliphatic heterocycles. The minimum absolute atomic E-state index is 0. The number of hydrogen-bond donors (Lipinski definition) is 2. The third kappa shape index (κ3) is 3.62. The van der Waals surface area contributed by atoms with E-state index in [2.05, 4.69) is 0 Å². The fourth-order valence-electron chi connectivity index (χ4n) is 2.51. The lowest BCUT2D eigenvalue weighted by atomic mass is 10.0. The van der Waals surface area contributed by atoms with Gasteiger partial charge in [-0.25, -0.2) is 0 Å². The Bertz CT molecular complexity index is 538. The molecule has 1 saturated heterocycles. The summed E-state index contributed by atoms with van der Waals surface area (Å²) in [4.78, 5) is 24.5. The highest BCUT2D eigenvalue weighted by molar-refractivity contribution is 6.00. The fourth-order valence-corrected chi connectivity index (χ4v) is 2.51. The molecule has 21 heavy (non-hydrogen) atoms. The van der Waals surface area contributed by atoms with Crippen LogP contribution in [0.3, 0.4) is 0 Å². The Hall–Kier alpha value is -1.86. The van der Waals surface area contributed by atoms with Crippen LogP contribution in [-0.4, -0.2) is 34.9 Å². The number of non-ortho nitro benzene ring substituents is 1. The van der Waals surface area contributed by atoms with Crippen molar-refractivity contribution in [3.8, 4) is 0 Å². The summed E-state index contributed by atoms with van der Waals surface area (Å²) in [7, 11) is 0. The minimum Gasteiger partial charge on any atom is -0.398 e. The molecule has 1 heterocycles. The Kier molecular flexibility index (Phi) is 5.92. The van der Waals surface area contributed by atoms with Gasteiger partial charge in [0.2, 0.25) is 0 Å². The summed E-state index contributed by atoms with van der Waals surface area (Å²) in [5.74, 6) is -0.277. The molecule has 1 fully saturated rings. The average molecular weight is 315 g/mol. The molecular weight excluding hydrogens is 296 g/mol. The number of nitrogens with zero attached hydrogens (tertiary/aromatic N) is 2. The number of nitrogens with two attached hydrogens (primary N) is 2. The summed E-state index contributed by atoms with van der Waals surface area (Å²) >= 11 is 0. The van der Waals surface area contributed by atoms with E-state index >= 15 is 0 Å². The van der Waals surface area contributed by atoms with Gasteiger partial charge in [-0.2, -0.15) is 0 Å². The summed E-state index contributed by atoms with van der Waals surface area (Å²) in [5.41, 5.74) is 11.8. The van der Waals surface area contributed by atoms with Crippen LogP contribution in [0, 0.1) is 10.1 Å². The van der Waals surface area contributed by atoms with Gasteiger partial charge in [-0.1, -0.05) is 0 Å². The minimum atomic E-state index is -0.535. The topological polar surface area (TPSA) is 115 Å². The molecule has 2 rings (SSSR count). The highest BCUT2D eigenvalue weighted by atomic mass is 35.5. The van der Waals surface area contributed by atoms with Gasteiger partial charge in [0.15, 0.2) is 0 Å². The van der Waals surface area contributed by atoms with Crippen molar-refractivity contribution in [3.05, 3.63) is 33.9 Å². The SMILES string of the molecule is Cl.NCC1CCCCN1C(=O)c1cc([N+](=O)[O-])ccc1N. The number of nitro groups is 1. The van der Waals surface area contributed by atoms with Crippen LogP contribution in [-0.2, 0) is 0 Å². The second-order valence-electron chi connectivity index (χ2n) is 4.91. The molecule has 1 amide bonds. The summed E-state index contributed by atoms with van der Waals surface area (Å²) in [6.45, 7) is 1.00. The lowest BCUT2D eigenvalue weighted by molar-refractivity contribution is -0.384. The van der Waals surface area contributed by atoms with Crippen molar-refractivity contribution >= 4 is 29.7 Å². The smallest absolute Gasteiger partial charge is 0.270 e. The van der Waals surface area contributed by atoms with Gasteiger partial charge in [-0.15, -0.1) is 12.4 Å². The zero-order valence-electron chi connectivity index (χ0n) is 11.5. The number of rotatable bonds is 3. The molecule has 7 nitrogen and oxygen atoms in total. The van der Waals surface area contributed by atoms with Gasteiger partial charge in [-0.05, 0) is 25.3 Å². The average Bonchev–Trinajstić information content (AvgIpc) is 2.46. The van der Waals surface area contributed by atoms with E-state index in [0.717, 1.165) is 19.3 Å². The quantitative estimate of drug-likeness (QED) is 0.499. The van der Waals surface area contributed by atoms with E-state index in [9.17, 15) is 14.9 Å². The van der Waals surface area contributed by atoms with Crippen LogP contribution in [0.2, 0.25) is 0 Å². The molecule has 0 radical (unpaired) electrons. The van der Waals surface area contributed by atoms with E-state index in [4.69, 9.17) is 11.5 Å². The van der Waals surface area contributed by atoms with Crippen molar-refractivity contribution in [1.29, 1.82) is 0 Å². The maximum absolute atomic E-state index is 12.5. The van der Waals surface area contributed by atoms with Crippen molar-refractivity contribution in [2.24, 2.45) is 5.73 Å². The van der Waals surface area contributed by atoms with Gasteiger partial charge >= 0.3 is 0 Å². The molecule has 1 unspecified atom stereocenters. The highest BCUT2D eigenvalue weighted by Gasteiger charge is 2.28. The summed E-state index contributed by atoms with van der Waals surface area (Å²) in [6.07, 6.45) is 2.81. The maximum atomic E-state index is 12.5. The number of likely N-dealkylation sites (tertiary alicyclic amines) is 1. The van der Waals surface area contributed by atoms with Crippen LogP contribution in [0.15, 0.2) is 18.2 Å². The van der Waals surface area contributed by atoms with E-state index in [-0.39, 0.29) is 41.3 Å². The van der Waals surface area contributed by atoms with E-state index < -0.39 is 4.92 Å². The van der Waals surface area contributed by atoms with Crippen molar-refractivity contribution in [3.63, 3.8) is 0 Å². The van der Waals surface area contributed by atoms with Crippen molar-refractivity contribution < 1.29 is 9.72 Å². The largest absolute Gasteiger partial charge is 0.398 e. The van der Waals surface area contributed by atoms with Crippen LogP contribution >= 0.6 is 12.4 Å². The Labute approximate surface area is 128 Å². The fraction of sp³-hybridized carbons (Fsp3) is 0.462. The van der Waals surface area contributed by atoms with Gasteiger partial charge in [0.05, 0.1) is 10.5 Å². The Balaban J connectivity index is 0.00000220. The van der Waals surface area contributed by atoms with Crippen LogP contribution in [0.1, 0.15) is 29.6 Å². The van der Waals surface area contributed by atoms with E-state index in [1.165, 1.54) is 18.2 Å². The lowest BCUT2D eigenvalue weighted by Crippen LogP contribution is -2.47. The number of benzene rings is 1. The lowest BCUT2D eigenvalue weighted by Gasteiger charge is -2.35. The molecule has 1 aromatic rings. The van der Waals surface area contributed by atoms with Crippen molar-refractivity contribution in [1.82, 2.24) is 4.90 Å². The predicted molar refractivity (Wildman–Crippen MR) is 82.5 cm³/mol. The first-order chi connectivity index (χ1) is 9.54. The standard InChI is InChI=1S/C13H18N4O3.ClH/c14-8-10-3-1-2-6-16(10)13(18)11-7-9(17(19)20)4-5-12(11)15;/h4-5,7,10H,1-3,6,8,14-15H2;1H. The zero-order valence-corrected chi connectivity index (χ0v) is 12.3. The first kappa shape index (κ1) is 17.2. The first-order valence-electron chi connectivity index (χ1n) is 6.59. The number of halogens is 1. The number of hydrogen-bond acceptors (Lipinski definition) is 5. The molecule has 0 bridgehead atoms. The predicted octanol–water partition coefficient (Wildman–Crippen LogP) is 1.55. The van der Waals surface area contributed by atoms with Gasteiger partial charge in [0, 0.05) is 37.0 Å². The second-order valence-corrected chi connectivity index (χ2v) is 4.91. The van der Waals surface area contributed by atoms with Gasteiger partial charge in [0.25, 0.3) is 11.6 Å². The van der Waals surface area contributed by atoms with Crippen molar-refractivity contribution in [2.75, 3.05) is 18.8 Å². The van der Waals surface area contributed by atoms with E-state index in [1.807, 2.05) is 0 Å². The van der Waals surface area contributed by atoms with Crippen LogP contribution < -0.4 is 11.5 Å². The van der Waals surface area contributed by atoms with Gasteiger partial charge < -0.3 is 16.4 Å². The molecule has 0 saturated carbocycles. The third-order valence-corrected chi connectivity index (χ3v) is 3.64.